The molecule has 5 rings (SSSR count). The number of halogens is 1. The van der Waals surface area contributed by atoms with Crippen LogP contribution in [0.15, 0.2) is 22.9 Å². The zero-order valence-corrected chi connectivity index (χ0v) is 19.6. The molecule has 4 nitrogen and oxygen atoms in total. The van der Waals surface area contributed by atoms with Crippen molar-refractivity contribution in [2.75, 3.05) is 0 Å². The lowest BCUT2D eigenvalue weighted by Crippen LogP contribution is -2.54. The van der Waals surface area contributed by atoms with Crippen molar-refractivity contribution in [3.8, 4) is 0 Å². The third kappa shape index (κ3) is 3.18. The zero-order chi connectivity index (χ0) is 21.1. The third-order valence-corrected chi connectivity index (χ3v) is 9.97. The van der Waals surface area contributed by atoms with Crippen LogP contribution in [0.25, 0.3) is 0 Å². The molecule has 0 saturated heterocycles. The van der Waals surface area contributed by atoms with Crippen LogP contribution in [0.5, 0.6) is 0 Å². The highest BCUT2D eigenvalue weighted by molar-refractivity contribution is 9.10. The van der Waals surface area contributed by atoms with Crippen LogP contribution in [0.1, 0.15) is 82.0 Å². The number of Topliss-reactive ketones (excluding diaryl/α,β-unsaturated/α-hetero) is 1. The fourth-order valence-corrected chi connectivity index (χ4v) is 8.20. The van der Waals surface area contributed by atoms with E-state index in [2.05, 4.69) is 34.8 Å². The average Bonchev–Trinajstić information content (AvgIpc) is 3.03. The van der Waals surface area contributed by atoms with Crippen molar-refractivity contribution in [1.29, 1.82) is 0 Å². The zero-order valence-electron chi connectivity index (χ0n) is 18.0. The monoisotopic (exact) mass is 473 g/mol. The van der Waals surface area contributed by atoms with Crippen LogP contribution in [0, 0.1) is 34.5 Å². The van der Waals surface area contributed by atoms with Gasteiger partial charge in [0.15, 0.2) is 0 Å². The molecule has 1 heterocycles. The Morgan fingerprint density at radius 2 is 1.93 bits per heavy atom. The van der Waals surface area contributed by atoms with Crippen molar-refractivity contribution in [3.63, 3.8) is 0 Å². The molecule has 4 aliphatic carbocycles. The third-order valence-electron chi connectivity index (χ3n) is 9.54. The van der Waals surface area contributed by atoms with Gasteiger partial charge in [0, 0.05) is 28.7 Å². The average molecular weight is 474 g/mol. The molecule has 0 N–H and O–H groups in total. The topological polar surface area (TPSA) is 56.3 Å². The fraction of sp³-hybridized carbons (Fsp3) is 0.720. The Labute approximate surface area is 187 Å². The number of aromatic nitrogens is 1. The summed E-state index contributed by atoms with van der Waals surface area (Å²) in [5.41, 5.74) is 0.796. The van der Waals surface area contributed by atoms with Crippen LogP contribution in [0.4, 0.5) is 0 Å². The molecule has 0 amide bonds. The Kier molecular flexibility index (Phi) is 5.11. The summed E-state index contributed by atoms with van der Waals surface area (Å²) in [6.45, 7) is 4.76. The van der Waals surface area contributed by atoms with Gasteiger partial charge in [0.05, 0.1) is 5.56 Å². The van der Waals surface area contributed by atoms with Crippen LogP contribution >= 0.6 is 15.9 Å². The number of pyridine rings is 1. The van der Waals surface area contributed by atoms with E-state index < -0.39 is 0 Å². The summed E-state index contributed by atoms with van der Waals surface area (Å²) in [5.74, 6) is 2.92. The first kappa shape index (κ1) is 20.7. The number of carbonyl (C=O) groups excluding carboxylic acids is 2. The Hall–Kier alpha value is -1.23. The summed E-state index contributed by atoms with van der Waals surface area (Å²) in [6, 6.07) is 1.77. The highest BCUT2D eigenvalue weighted by atomic mass is 79.9. The molecule has 30 heavy (non-hydrogen) atoms. The summed E-state index contributed by atoms with van der Waals surface area (Å²) in [7, 11) is 0. The van der Waals surface area contributed by atoms with Crippen LogP contribution in [0.3, 0.4) is 0 Å². The number of esters is 1. The molecule has 0 unspecified atom stereocenters. The smallest absolute Gasteiger partial charge is 0.340 e. The highest BCUT2D eigenvalue weighted by Crippen LogP contribution is 2.65. The van der Waals surface area contributed by atoms with Crippen molar-refractivity contribution in [2.24, 2.45) is 34.5 Å². The Morgan fingerprint density at radius 1 is 1.10 bits per heavy atom. The van der Waals surface area contributed by atoms with Gasteiger partial charge in [-0.25, -0.2) is 4.79 Å². The minimum atomic E-state index is -0.260. The molecule has 4 aliphatic rings. The predicted molar refractivity (Wildman–Crippen MR) is 118 cm³/mol. The van der Waals surface area contributed by atoms with Crippen molar-refractivity contribution in [1.82, 2.24) is 4.98 Å². The van der Waals surface area contributed by atoms with Crippen molar-refractivity contribution < 1.29 is 14.3 Å². The number of hydrogen-bond acceptors (Lipinski definition) is 4. The number of fused-ring (bicyclic) bond motifs is 5. The summed E-state index contributed by atoms with van der Waals surface area (Å²) in [6.07, 6.45) is 13.0. The molecule has 4 fully saturated rings. The second-order valence-electron chi connectivity index (χ2n) is 10.8. The molecule has 7 atom stereocenters. The van der Waals surface area contributed by atoms with Gasteiger partial charge in [-0.2, -0.15) is 0 Å². The van der Waals surface area contributed by atoms with Gasteiger partial charge in [-0.05, 0) is 102 Å². The first-order valence-corrected chi connectivity index (χ1v) is 12.5. The molecule has 0 radical (unpaired) electrons. The standard InChI is InChI=1S/C25H32BrNO3/c1-24-9-7-18(30-23(29)15-11-17(26)14-27-13-15)12-16(24)3-4-19-20-5-6-22(28)25(20,2)10-8-21(19)24/h11,13-14,16,18-21H,3-10,12H2,1-2H3/t16-,18-,19-,20-,21-,24-,25-/m0/s1. The summed E-state index contributed by atoms with van der Waals surface area (Å²) in [4.78, 5) is 29.3. The second-order valence-corrected chi connectivity index (χ2v) is 11.7. The van der Waals surface area contributed by atoms with Gasteiger partial charge in [0.1, 0.15) is 11.9 Å². The normalized spacial score (nSPS) is 42.8. The van der Waals surface area contributed by atoms with E-state index in [-0.39, 0.29) is 17.5 Å². The van der Waals surface area contributed by atoms with Crippen LogP contribution in [-0.2, 0) is 9.53 Å². The molecule has 162 valence electrons. The van der Waals surface area contributed by atoms with E-state index in [0.29, 0.717) is 34.5 Å². The van der Waals surface area contributed by atoms with E-state index in [4.69, 9.17) is 4.74 Å². The minimum absolute atomic E-state index is 0.00743. The van der Waals surface area contributed by atoms with Gasteiger partial charge < -0.3 is 4.74 Å². The predicted octanol–water partition coefficient (Wildman–Crippen LogP) is 5.98. The quantitative estimate of drug-likeness (QED) is 0.495. The lowest BCUT2D eigenvalue weighted by atomic mass is 9.45. The molecule has 0 aliphatic heterocycles. The van der Waals surface area contributed by atoms with E-state index >= 15 is 0 Å². The number of nitrogens with zero attached hydrogens (tertiary/aromatic N) is 1. The first-order chi connectivity index (χ1) is 14.3. The summed E-state index contributed by atoms with van der Waals surface area (Å²) < 4.78 is 6.71. The van der Waals surface area contributed by atoms with Crippen molar-refractivity contribution in [2.45, 2.75) is 77.7 Å². The SMILES string of the molecule is C[C@]12CC[C@H](OC(=O)c3cncc(Br)c3)C[C@@H]1CC[C@@H]1[C@@H]2CC[C@]2(C)C(=O)CC[C@@H]12. The Balaban J connectivity index is 1.28. The Morgan fingerprint density at radius 3 is 2.73 bits per heavy atom. The number of ether oxygens (including phenoxy) is 1. The van der Waals surface area contributed by atoms with Crippen LogP contribution in [0.2, 0.25) is 0 Å². The maximum atomic E-state index is 12.6. The fourth-order valence-electron chi connectivity index (χ4n) is 7.84. The van der Waals surface area contributed by atoms with Crippen LogP contribution in [-0.4, -0.2) is 22.8 Å². The second kappa shape index (κ2) is 7.43. The summed E-state index contributed by atoms with van der Waals surface area (Å²) >= 11 is 3.38. The van der Waals surface area contributed by atoms with E-state index in [9.17, 15) is 9.59 Å². The maximum Gasteiger partial charge on any atom is 0.340 e. The molecule has 1 aromatic heterocycles. The van der Waals surface area contributed by atoms with E-state index in [1.165, 1.54) is 19.3 Å². The van der Waals surface area contributed by atoms with Crippen molar-refractivity contribution >= 4 is 27.7 Å². The molecule has 0 aromatic carbocycles. The minimum Gasteiger partial charge on any atom is -0.459 e. The first-order valence-electron chi connectivity index (χ1n) is 11.7. The maximum absolute atomic E-state index is 12.6. The molecule has 5 heteroatoms. The highest BCUT2D eigenvalue weighted by Gasteiger charge is 2.60. The molecular formula is C25H32BrNO3. The van der Waals surface area contributed by atoms with Gasteiger partial charge in [0.25, 0.3) is 0 Å². The molecular weight excluding hydrogens is 442 g/mol. The lowest BCUT2D eigenvalue weighted by Gasteiger charge is -2.60. The lowest BCUT2D eigenvalue weighted by molar-refractivity contribution is -0.142. The van der Waals surface area contributed by atoms with Crippen LogP contribution < -0.4 is 0 Å². The molecule has 0 bridgehead atoms. The number of rotatable bonds is 2. The number of ketones is 1. The number of hydrogen-bond donors (Lipinski definition) is 0. The number of carbonyl (C=O) groups is 2. The van der Waals surface area contributed by atoms with Gasteiger partial charge >= 0.3 is 5.97 Å². The van der Waals surface area contributed by atoms with Gasteiger partial charge in [0.2, 0.25) is 0 Å². The summed E-state index contributed by atoms with van der Waals surface area (Å²) in [5, 5.41) is 0. The van der Waals surface area contributed by atoms with Gasteiger partial charge in [-0.15, -0.1) is 0 Å². The largest absolute Gasteiger partial charge is 0.459 e. The van der Waals surface area contributed by atoms with E-state index in [0.717, 1.165) is 48.9 Å². The molecule has 0 spiro atoms. The van der Waals surface area contributed by atoms with E-state index in [1.807, 2.05) is 0 Å². The van der Waals surface area contributed by atoms with Crippen molar-refractivity contribution in [3.05, 3.63) is 28.5 Å². The van der Waals surface area contributed by atoms with Gasteiger partial charge in [-0.3, -0.25) is 9.78 Å². The molecule has 4 saturated carbocycles. The van der Waals surface area contributed by atoms with Gasteiger partial charge in [-0.1, -0.05) is 13.8 Å². The molecule has 1 aromatic rings. The Bertz CT molecular complexity index is 872. The van der Waals surface area contributed by atoms with E-state index in [1.54, 1.807) is 18.5 Å².